The standard InChI is InChI=1S/C8H12N/c1-2-4-8-6-9-5-7(8)3-1/h1-6H2. The van der Waals surface area contributed by atoms with Crippen molar-refractivity contribution < 1.29 is 0 Å². The van der Waals surface area contributed by atoms with Crippen molar-refractivity contribution in [1.82, 2.24) is 5.32 Å². The first-order valence-corrected chi connectivity index (χ1v) is 3.80. The van der Waals surface area contributed by atoms with Crippen molar-refractivity contribution in [1.29, 1.82) is 0 Å². The molecule has 1 heterocycles. The molecule has 1 aliphatic heterocycles. The van der Waals surface area contributed by atoms with Gasteiger partial charge in [-0.2, -0.15) is 0 Å². The molecule has 1 radical (unpaired) electrons. The van der Waals surface area contributed by atoms with E-state index < -0.39 is 0 Å². The largest absolute Gasteiger partial charge is 0.233 e. The number of hydrogen-bond acceptors (Lipinski definition) is 0. The number of rotatable bonds is 0. The van der Waals surface area contributed by atoms with Crippen molar-refractivity contribution in [2.45, 2.75) is 25.7 Å². The molecule has 0 saturated heterocycles. The monoisotopic (exact) mass is 122 g/mol. The van der Waals surface area contributed by atoms with E-state index in [4.69, 9.17) is 0 Å². The molecule has 1 nitrogen and oxygen atoms in total. The zero-order chi connectivity index (χ0) is 6.10. The van der Waals surface area contributed by atoms with Crippen LogP contribution in [0.15, 0.2) is 11.1 Å². The van der Waals surface area contributed by atoms with Crippen LogP contribution in [0.1, 0.15) is 25.7 Å². The summed E-state index contributed by atoms with van der Waals surface area (Å²) >= 11 is 0. The summed E-state index contributed by atoms with van der Waals surface area (Å²) < 4.78 is 0. The highest BCUT2D eigenvalue weighted by Crippen LogP contribution is 2.26. The average Bonchev–Trinajstić information content (AvgIpc) is 2.33. The molecule has 0 spiro atoms. The molecular formula is C8H12N. The van der Waals surface area contributed by atoms with Crippen LogP contribution in [0, 0.1) is 0 Å². The van der Waals surface area contributed by atoms with Crippen molar-refractivity contribution in [3.63, 3.8) is 0 Å². The Kier molecular flexibility index (Phi) is 1.31. The summed E-state index contributed by atoms with van der Waals surface area (Å²) in [4.78, 5) is 0. The fourth-order valence-corrected chi connectivity index (χ4v) is 1.74. The van der Waals surface area contributed by atoms with Gasteiger partial charge in [-0.05, 0) is 25.7 Å². The number of nitrogens with zero attached hydrogens (tertiary/aromatic N) is 1. The van der Waals surface area contributed by atoms with E-state index in [2.05, 4.69) is 5.32 Å². The molecule has 0 bridgehead atoms. The van der Waals surface area contributed by atoms with E-state index in [1.807, 2.05) is 0 Å². The third kappa shape index (κ3) is 0.897. The van der Waals surface area contributed by atoms with E-state index in [-0.39, 0.29) is 0 Å². The molecule has 2 rings (SSSR count). The van der Waals surface area contributed by atoms with Crippen LogP contribution in [0.4, 0.5) is 0 Å². The first-order chi connectivity index (χ1) is 4.47. The van der Waals surface area contributed by atoms with E-state index in [0.29, 0.717) is 0 Å². The second kappa shape index (κ2) is 2.14. The molecule has 0 N–H and O–H groups in total. The summed E-state index contributed by atoms with van der Waals surface area (Å²) in [6.07, 6.45) is 5.51. The van der Waals surface area contributed by atoms with Crippen LogP contribution in [-0.2, 0) is 0 Å². The minimum absolute atomic E-state index is 1.06. The molecule has 0 unspecified atom stereocenters. The van der Waals surface area contributed by atoms with Gasteiger partial charge in [0.05, 0.1) is 0 Å². The zero-order valence-electron chi connectivity index (χ0n) is 5.69. The topological polar surface area (TPSA) is 14.1 Å². The average molecular weight is 122 g/mol. The van der Waals surface area contributed by atoms with Crippen molar-refractivity contribution in [3.8, 4) is 0 Å². The third-order valence-corrected chi connectivity index (χ3v) is 2.31. The first-order valence-electron chi connectivity index (χ1n) is 3.80. The molecule has 0 aromatic heterocycles. The Morgan fingerprint density at radius 3 is 2.00 bits per heavy atom. The van der Waals surface area contributed by atoms with Gasteiger partial charge < -0.3 is 0 Å². The summed E-state index contributed by atoms with van der Waals surface area (Å²) in [6.45, 7) is 2.13. The highest BCUT2D eigenvalue weighted by Gasteiger charge is 2.17. The Hall–Kier alpha value is -0.300. The minimum atomic E-state index is 1.06. The summed E-state index contributed by atoms with van der Waals surface area (Å²) in [5.41, 5.74) is 3.34. The SMILES string of the molecule is C1CCC2=C(C1)C[N]C2. The first kappa shape index (κ1) is 5.48. The second-order valence-electron chi connectivity index (χ2n) is 2.95. The second-order valence-corrected chi connectivity index (χ2v) is 2.95. The van der Waals surface area contributed by atoms with Crippen LogP contribution in [0.25, 0.3) is 0 Å². The third-order valence-electron chi connectivity index (χ3n) is 2.31. The predicted molar refractivity (Wildman–Crippen MR) is 37.4 cm³/mol. The Bertz CT molecular complexity index is 131. The van der Waals surface area contributed by atoms with Gasteiger partial charge in [-0.25, -0.2) is 5.32 Å². The van der Waals surface area contributed by atoms with Gasteiger partial charge in [0.15, 0.2) is 0 Å². The lowest BCUT2D eigenvalue weighted by Gasteiger charge is -2.11. The maximum absolute atomic E-state index is 4.35. The molecule has 0 saturated carbocycles. The molecule has 9 heavy (non-hydrogen) atoms. The van der Waals surface area contributed by atoms with Gasteiger partial charge in [-0.3, -0.25) is 0 Å². The van der Waals surface area contributed by atoms with Gasteiger partial charge >= 0.3 is 0 Å². The van der Waals surface area contributed by atoms with Crippen molar-refractivity contribution in [2.75, 3.05) is 13.1 Å². The maximum Gasteiger partial charge on any atom is 0.0350 e. The molecule has 0 fully saturated rings. The van der Waals surface area contributed by atoms with Gasteiger partial charge in [-0.15, -0.1) is 0 Å². The molecular weight excluding hydrogens is 110 g/mol. The van der Waals surface area contributed by atoms with E-state index in [0.717, 1.165) is 13.1 Å². The molecule has 0 atom stereocenters. The Labute approximate surface area is 56.1 Å². The highest BCUT2D eigenvalue weighted by atomic mass is 14.9. The quantitative estimate of drug-likeness (QED) is 0.432. The van der Waals surface area contributed by atoms with Gasteiger partial charge in [0.2, 0.25) is 0 Å². The Morgan fingerprint density at radius 2 is 1.44 bits per heavy atom. The highest BCUT2D eigenvalue weighted by molar-refractivity contribution is 5.24. The van der Waals surface area contributed by atoms with E-state index in [1.54, 1.807) is 11.1 Å². The fourth-order valence-electron chi connectivity index (χ4n) is 1.74. The molecule has 0 aromatic carbocycles. The normalized spacial score (nSPS) is 26.7. The molecule has 2 aliphatic rings. The van der Waals surface area contributed by atoms with E-state index in [9.17, 15) is 0 Å². The fraction of sp³-hybridized carbons (Fsp3) is 0.750. The molecule has 49 valence electrons. The lowest BCUT2D eigenvalue weighted by atomic mass is 9.94. The van der Waals surface area contributed by atoms with Gasteiger partial charge in [0, 0.05) is 13.1 Å². The van der Waals surface area contributed by atoms with Crippen LogP contribution in [0.3, 0.4) is 0 Å². The summed E-state index contributed by atoms with van der Waals surface area (Å²) in [5.74, 6) is 0. The number of hydrogen-bond donors (Lipinski definition) is 0. The van der Waals surface area contributed by atoms with Crippen molar-refractivity contribution in [2.24, 2.45) is 0 Å². The molecule has 0 amide bonds. The smallest absolute Gasteiger partial charge is 0.0350 e. The lowest BCUT2D eigenvalue weighted by Crippen LogP contribution is -1.98. The summed E-state index contributed by atoms with van der Waals surface area (Å²) in [5, 5.41) is 4.35. The van der Waals surface area contributed by atoms with Crippen LogP contribution in [-0.4, -0.2) is 13.1 Å². The van der Waals surface area contributed by atoms with Crippen LogP contribution < -0.4 is 5.32 Å². The Morgan fingerprint density at radius 1 is 0.889 bits per heavy atom. The van der Waals surface area contributed by atoms with Crippen LogP contribution >= 0.6 is 0 Å². The van der Waals surface area contributed by atoms with Gasteiger partial charge in [-0.1, -0.05) is 11.1 Å². The minimum Gasteiger partial charge on any atom is -0.233 e. The summed E-state index contributed by atoms with van der Waals surface area (Å²) in [6, 6.07) is 0. The maximum atomic E-state index is 4.35. The van der Waals surface area contributed by atoms with Crippen molar-refractivity contribution in [3.05, 3.63) is 11.1 Å². The van der Waals surface area contributed by atoms with Crippen molar-refractivity contribution >= 4 is 0 Å². The van der Waals surface area contributed by atoms with Gasteiger partial charge in [0.25, 0.3) is 0 Å². The lowest BCUT2D eigenvalue weighted by molar-refractivity contribution is 0.681. The molecule has 0 aromatic rings. The van der Waals surface area contributed by atoms with Crippen LogP contribution in [0.2, 0.25) is 0 Å². The zero-order valence-corrected chi connectivity index (χ0v) is 5.69. The molecule has 1 heteroatoms. The molecule has 1 aliphatic carbocycles. The van der Waals surface area contributed by atoms with E-state index >= 15 is 0 Å². The summed E-state index contributed by atoms with van der Waals surface area (Å²) in [7, 11) is 0. The van der Waals surface area contributed by atoms with Crippen LogP contribution in [0.5, 0.6) is 0 Å². The Balaban J connectivity index is 2.17. The van der Waals surface area contributed by atoms with Gasteiger partial charge in [0.1, 0.15) is 0 Å². The van der Waals surface area contributed by atoms with E-state index in [1.165, 1.54) is 25.7 Å². The predicted octanol–water partition coefficient (Wildman–Crippen LogP) is 1.47.